The molecule has 2 atom stereocenters. The summed E-state index contributed by atoms with van der Waals surface area (Å²) in [5.41, 5.74) is 3.64. The summed E-state index contributed by atoms with van der Waals surface area (Å²) in [6.07, 6.45) is 9.69. The number of hydrogen-bond acceptors (Lipinski definition) is 9. The molecule has 0 aliphatic heterocycles. The van der Waals surface area contributed by atoms with Gasteiger partial charge in [-0.05, 0) is 57.9 Å². The van der Waals surface area contributed by atoms with Gasteiger partial charge in [-0.15, -0.1) is 0 Å². The molecule has 11 nitrogen and oxygen atoms in total. The van der Waals surface area contributed by atoms with Gasteiger partial charge in [-0.2, -0.15) is 0 Å². The topological polar surface area (TPSA) is 135 Å². The zero-order valence-corrected chi connectivity index (χ0v) is 26.1. The lowest BCUT2D eigenvalue weighted by atomic mass is 10.1. The molecule has 1 N–H and O–H groups in total. The standard InChI is InChI=1S/C30H40N8O3S/c1-8-42(40)23-13-31-24(32-14-23)15-33-25(16-39)37-27(18(2)3)29(38(6)20(5)21-9-10-21)36-19(4)26-28(22-11-12-22)34-17-35-30(26)41-7/h13-14,16-17,20-22H,4,8-12,15H2,1-3,5-7H3,(H,33,37). The Hall–Kier alpha value is -3.80. The molecule has 0 spiro atoms. The number of rotatable bonds is 13. The van der Waals surface area contributed by atoms with E-state index in [-0.39, 0.29) is 18.4 Å². The van der Waals surface area contributed by atoms with Crippen LogP contribution in [0.1, 0.15) is 76.4 Å². The molecule has 2 fully saturated rings. The molecule has 42 heavy (non-hydrogen) atoms. The van der Waals surface area contributed by atoms with Gasteiger partial charge >= 0.3 is 0 Å². The van der Waals surface area contributed by atoms with Crippen molar-refractivity contribution in [3.63, 3.8) is 0 Å². The van der Waals surface area contributed by atoms with Gasteiger partial charge in [-0.1, -0.05) is 13.5 Å². The van der Waals surface area contributed by atoms with E-state index in [1.54, 1.807) is 7.11 Å². The number of carbonyl (C=O) groups excluding carboxylic acids is 1. The van der Waals surface area contributed by atoms with Gasteiger partial charge in [0.1, 0.15) is 18.7 Å². The van der Waals surface area contributed by atoms with Crippen molar-refractivity contribution in [1.82, 2.24) is 30.2 Å². The molecule has 4 rings (SSSR count). The third-order valence-corrected chi connectivity index (χ3v) is 8.72. The Morgan fingerprint density at radius 2 is 1.90 bits per heavy atom. The third-order valence-electron chi connectivity index (χ3n) is 7.46. The quantitative estimate of drug-likeness (QED) is 0.208. The smallest absolute Gasteiger partial charge is 0.226 e. The Kier molecular flexibility index (Phi) is 10.3. The summed E-state index contributed by atoms with van der Waals surface area (Å²) in [6, 6.07) is 0.210. The van der Waals surface area contributed by atoms with E-state index in [1.807, 2.05) is 27.8 Å². The number of likely N-dealkylation sites (N-methyl/N-ethyl adjacent to an activating group) is 1. The first-order valence-electron chi connectivity index (χ1n) is 14.2. The fourth-order valence-corrected chi connectivity index (χ4v) is 5.23. The van der Waals surface area contributed by atoms with Gasteiger partial charge in [-0.25, -0.2) is 24.9 Å². The van der Waals surface area contributed by atoms with E-state index in [9.17, 15) is 9.00 Å². The highest BCUT2D eigenvalue weighted by atomic mass is 32.2. The van der Waals surface area contributed by atoms with Crippen molar-refractivity contribution in [2.24, 2.45) is 15.9 Å². The molecule has 2 aliphatic rings. The van der Waals surface area contributed by atoms with E-state index in [0.29, 0.717) is 63.3 Å². The Morgan fingerprint density at radius 1 is 1.21 bits per heavy atom. The molecule has 12 heteroatoms. The van der Waals surface area contributed by atoms with Gasteiger partial charge in [0.25, 0.3) is 0 Å². The molecule has 2 aromatic heterocycles. The number of hydrogen-bond donors (Lipinski definition) is 1. The highest BCUT2D eigenvalue weighted by Crippen LogP contribution is 2.44. The van der Waals surface area contributed by atoms with Crippen LogP contribution in [0.4, 0.5) is 0 Å². The molecule has 224 valence electrons. The van der Waals surface area contributed by atoms with Crippen molar-refractivity contribution in [3.05, 3.63) is 53.7 Å². The monoisotopic (exact) mass is 592 g/mol. The predicted molar refractivity (Wildman–Crippen MR) is 165 cm³/mol. The lowest BCUT2D eigenvalue weighted by Gasteiger charge is -2.31. The second kappa shape index (κ2) is 13.9. The maximum atomic E-state index is 12.2. The van der Waals surface area contributed by atoms with Crippen molar-refractivity contribution in [2.75, 3.05) is 19.9 Å². The van der Waals surface area contributed by atoms with Crippen LogP contribution in [0.15, 0.2) is 51.5 Å². The van der Waals surface area contributed by atoms with E-state index in [2.05, 4.69) is 48.6 Å². The van der Waals surface area contributed by atoms with E-state index in [0.717, 1.165) is 37.0 Å². The Morgan fingerprint density at radius 3 is 2.45 bits per heavy atom. The molecule has 0 aromatic carbocycles. The van der Waals surface area contributed by atoms with Crippen molar-refractivity contribution < 1.29 is 13.7 Å². The number of carbonyl (C=O) groups is 1. The Labute approximate surface area is 250 Å². The molecule has 2 aliphatic carbocycles. The van der Waals surface area contributed by atoms with Crippen LogP contribution in [0.2, 0.25) is 0 Å². The molecule has 2 unspecified atom stereocenters. The number of allylic oxidation sites excluding steroid dienone is 1. The van der Waals surface area contributed by atoms with Gasteiger partial charge in [0.15, 0.2) is 18.0 Å². The Balaban J connectivity index is 1.67. The van der Waals surface area contributed by atoms with Crippen LogP contribution < -0.4 is 10.1 Å². The first-order chi connectivity index (χ1) is 20.2. The Bertz CT molecular complexity index is 1420. The number of methoxy groups -OCH3 is 1. The van der Waals surface area contributed by atoms with E-state index in [4.69, 9.17) is 9.73 Å². The minimum Gasteiger partial charge on any atom is -0.480 e. The number of amidine groups is 2. The summed E-state index contributed by atoms with van der Waals surface area (Å²) in [4.78, 5) is 41.8. The van der Waals surface area contributed by atoms with Crippen LogP contribution in [0.5, 0.6) is 5.88 Å². The minimum atomic E-state index is -1.14. The fourth-order valence-electron chi connectivity index (χ4n) is 4.56. The van der Waals surface area contributed by atoms with Crippen molar-refractivity contribution in [2.45, 2.75) is 76.8 Å². The third kappa shape index (κ3) is 7.53. The molecular weight excluding hydrogens is 552 g/mol. The van der Waals surface area contributed by atoms with Crippen LogP contribution in [0.3, 0.4) is 0 Å². The highest BCUT2D eigenvalue weighted by molar-refractivity contribution is 7.85. The number of aromatic nitrogens is 4. The number of ether oxygens (including phenoxy) is 1. The van der Waals surface area contributed by atoms with Crippen LogP contribution >= 0.6 is 0 Å². The molecule has 2 heterocycles. The van der Waals surface area contributed by atoms with Crippen LogP contribution in [-0.2, 0) is 22.1 Å². The van der Waals surface area contributed by atoms with E-state index >= 15 is 0 Å². The highest BCUT2D eigenvalue weighted by Gasteiger charge is 2.34. The average Bonchev–Trinajstić information content (AvgIpc) is 3.92. The summed E-state index contributed by atoms with van der Waals surface area (Å²) in [6.45, 7) is 12.3. The van der Waals surface area contributed by atoms with Gasteiger partial charge in [-0.3, -0.25) is 14.0 Å². The minimum absolute atomic E-state index is 0.0763. The number of aliphatic imine (C=N–C) groups is 2. The lowest BCUT2D eigenvalue weighted by molar-refractivity contribution is -0.102. The van der Waals surface area contributed by atoms with Gasteiger partial charge < -0.3 is 15.0 Å². The van der Waals surface area contributed by atoms with Crippen LogP contribution in [-0.4, -0.2) is 73.0 Å². The van der Waals surface area contributed by atoms with Crippen molar-refractivity contribution >= 4 is 34.5 Å². The summed E-state index contributed by atoms with van der Waals surface area (Å²) < 4.78 is 17.6. The van der Waals surface area contributed by atoms with Crippen molar-refractivity contribution in [3.8, 4) is 5.88 Å². The molecule has 2 saturated carbocycles. The van der Waals surface area contributed by atoms with Crippen LogP contribution in [0.25, 0.3) is 5.70 Å². The molecule has 0 amide bonds. The average molecular weight is 593 g/mol. The van der Waals surface area contributed by atoms with E-state index < -0.39 is 10.8 Å². The van der Waals surface area contributed by atoms with Gasteiger partial charge in [0.2, 0.25) is 5.88 Å². The largest absolute Gasteiger partial charge is 0.480 e. The molecular formula is C30H40N8O3S. The zero-order chi connectivity index (χ0) is 30.4. The van der Waals surface area contributed by atoms with Gasteiger partial charge in [0.05, 0.1) is 45.5 Å². The summed E-state index contributed by atoms with van der Waals surface area (Å²) in [7, 11) is 2.45. The predicted octanol–water partition coefficient (Wildman–Crippen LogP) is 4.06. The van der Waals surface area contributed by atoms with Crippen LogP contribution in [0, 0.1) is 5.92 Å². The first-order valence-corrected chi connectivity index (χ1v) is 15.5. The maximum absolute atomic E-state index is 12.2. The molecule has 2 aromatic rings. The number of nitrogens with zero attached hydrogens (tertiary/aromatic N) is 7. The lowest BCUT2D eigenvalue weighted by Crippen LogP contribution is -2.42. The molecule has 0 saturated heterocycles. The normalized spacial score (nSPS) is 16.8. The maximum Gasteiger partial charge on any atom is 0.226 e. The first kappa shape index (κ1) is 31.1. The van der Waals surface area contributed by atoms with Gasteiger partial charge in [0, 0.05) is 37.2 Å². The number of nitrogens with one attached hydrogen (secondary N) is 1. The van der Waals surface area contributed by atoms with E-state index in [1.165, 1.54) is 18.7 Å². The summed E-state index contributed by atoms with van der Waals surface area (Å²) in [5, 5.41) is 3.22. The second-order valence-electron chi connectivity index (χ2n) is 10.8. The summed E-state index contributed by atoms with van der Waals surface area (Å²) >= 11 is 0. The fraction of sp³-hybridized carbons (Fsp3) is 0.500. The number of aldehydes is 1. The zero-order valence-electron chi connectivity index (χ0n) is 25.3. The SMILES string of the molecule is C=C(N=C(C(NC(C=O)=NCc1ncc(S(=O)CC)cn1)=C(C)C)N(C)C(C)C1CC1)c1c(OC)ncnc1C1CC1. The second-order valence-corrected chi connectivity index (χ2v) is 12.5. The summed E-state index contributed by atoms with van der Waals surface area (Å²) in [5.74, 6) is 2.98. The molecule has 0 bridgehead atoms. The van der Waals surface area contributed by atoms with Crippen molar-refractivity contribution in [1.29, 1.82) is 0 Å². The molecule has 0 radical (unpaired) electrons.